The fourth-order valence-electron chi connectivity index (χ4n) is 1.61. The van der Waals surface area contributed by atoms with Gasteiger partial charge >= 0.3 is 6.03 Å². The average molecular weight is 293 g/mol. The summed E-state index contributed by atoms with van der Waals surface area (Å²) >= 11 is 0. The van der Waals surface area contributed by atoms with Crippen molar-refractivity contribution in [1.29, 1.82) is 0 Å². The van der Waals surface area contributed by atoms with Crippen LogP contribution < -0.4 is 20.7 Å². The van der Waals surface area contributed by atoms with Crippen LogP contribution in [0, 0.1) is 0 Å². The van der Waals surface area contributed by atoms with Gasteiger partial charge in [0.1, 0.15) is 11.8 Å². The standard InChI is InChI=1S/C15H23N3O3/c1-4-10-21-13-8-6-12(7-9-13)17-11(3)14(19)18-15(20)16-5-2/h6-9,11,17H,4-5,10H2,1-3H3,(H2,16,18,19,20). The molecule has 116 valence electrons. The number of urea groups is 1. The van der Waals surface area contributed by atoms with Crippen molar-refractivity contribution in [2.45, 2.75) is 33.2 Å². The molecule has 1 aromatic carbocycles. The van der Waals surface area contributed by atoms with E-state index in [4.69, 9.17) is 4.74 Å². The van der Waals surface area contributed by atoms with Gasteiger partial charge in [0.25, 0.3) is 0 Å². The fraction of sp³-hybridized carbons (Fsp3) is 0.467. The number of hydrogen-bond donors (Lipinski definition) is 3. The number of carbonyl (C=O) groups is 2. The molecule has 1 unspecified atom stereocenters. The number of hydrogen-bond acceptors (Lipinski definition) is 4. The molecular weight excluding hydrogens is 270 g/mol. The lowest BCUT2D eigenvalue weighted by Crippen LogP contribution is -2.45. The van der Waals surface area contributed by atoms with E-state index in [1.54, 1.807) is 13.8 Å². The molecule has 0 fully saturated rings. The smallest absolute Gasteiger partial charge is 0.321 e. The van der Waals surface area contributed by atoms with Gasteiger partial charge in [-0.25, -0.2) is 4.79 Å². The lowest BCUT2D eigenvalue weighted by Gasteiger charge is -2.15. The van der Waals surface area contributed by atoms with Crippen LogP contribution in [0.25, 0.3) is 0 Å². The molecule has 0 saturated heterocycles. The van der Waals surface area contributed by atoms with E-state index in [-0.39, 0.29) is 5.91 Å². The van der Waals surface area contributed by atoms with E-state index in [0.29, 0.717) is 13.2 Å². The maximum Gasteiger partial charge on any atom is 0.321 e. The predicted octanol–water partition coefficient (Wildman–Crippen LogP) is 2.12. The quantitative estimate of drug-likeness (QED) is 0.719. The van der Waals surface area contributed by atoms with Gasteiger partial charge in [-0.2, -0.15) is 0 Å². The normalized spacial score (nSPS) is 11.4. The highest BCUT2D eigenvalue weighted by Gasteiger charge is 2.15. The predicted molar refractivity (Wildman–Crippen MR) is 82.5 cm³/mol. The molecule has 6 nitrogen and oxygen atoms in total. The van der Waals surface area contributed by atoms with E-state index in [1.165, 1.54) is 0 Å². The molecule has 0 aliphatic carbocycles. The molecule has 3 N–H and O–H groups in total. The van der Waals surface area contributed by atoms with Crippen LogP contribution in [0.3, 0.4) is 0 Å². The molecule has 21 heavy (non-hydrogen) atoms. The molecule has 1 atom stereocenters. The van der Waals surface area contributed by atoms with Crippen LogP contribution in [-0.2, 0) is 4.79 Å². The number of rotatable bonds is 7. The molecular formula is C15H23N3O3. The van der Waals surface area contributed by atoms with Gasteiger partial charge in [0, 0.05) is 12.2 Å². The van der Waals surface area contributed by atoms with Gasteiger partial charge in [-0.15, -0.1) is 0 Å². The van der Waals surface area contributed by atoms with Gasteiger partial charge in [0.05, 0.1) is 6.61 Å². The van der Waals surface area contributed by atoms with E-state index in [1.807, 2.05) is 31.2 Å². The van der Waals surface area contributed by atoms with E-state index >= 15 is 0 Å². The minimum atomic E-state index is -0.519. The number of imide groups is 1. The fourth-order valence-corrected chi connectivity index (χ4v) is 1.61. The Balaban J connectivity index is 2.48. The number of anilines is 1. The summed E-state index contributed by atoms with van der Waals surface area (Å²) in [6, 6.07) is 6.34. The van der Waals surface area contributed by atoms with Gasteiger partial charge in [0.15, 0.2) is 0 Å². The van der Waals surface area contributed by atoms with Crippen molar-refractivity contribution in [3.05, 3.63) is 24.3 Å². The van der Waals surface area contributed by atoms with Crippen LogP contribution in [0.5, 0.6) is 5.75 Å². The Kier molecular flexibility index (Phi) is 7.08. The van der Waals surface area contributed by atoms with Crippen LogP contribution in [0.15, 0.2) is 24.3 Å². The van der Waals surface area contributed by atoms with Gasteiger partial charge < -0.3 is 15.4 Å². The highest BCUT2D eigenvalue weighted by atomic mass is 16.5. The lowest BCUT2D eigenvalue weighted by atomic mass is 10.2. The minimum absolute atomic E-state index is 0.382. The highest BCUT2D eigenvalue weighted by Crippen LogP contribution is 2.16. The first kappa shape index (κ1) is 16.8. The van der Waals surface area contributed by atoms with Crippen molar-refractivity contribution in [2.75, 3.05) is 18.5 Å². The number of amides is 3. The Labute approximate surface area is 125 Å². The van der Waals surface area contributed by atoms with E-state index in [0.717, 1.165) is 17.9 Å². The number of carbonyl (C=O) groups excluding carboxylic acids is 2. The molecule has 1 rings (SSSR count). The molecule has 0 heterocycles. The molecule has 0 aliphatic heterocycles. The van der Waals surface area contributed by atoms with E-state index in [9.17, 15) is 9.59 Å². The summed E-state index contributed by atoms with van der Waals surface area (Å²) in [6.45, 7) is 6.67. The van der Waals surface area contributed by atoms with Crippen molar-refractivity contribution >= 4 is 17.6 Å². The average Bonchev–Trinajstić information content (AvgIpc) is 2.46. The second-order valence-electron chi connectivity index (χ2n) is 4.59. The maximum absolute atomic E-state index is 11.8. The summed E-state index contributed by atoms with van der Waals surface area (Å²) in [4.78, 5) is 23.0. The minimum Gasteiger partial charge on any atom is -0.494 e. The Morgan fingerprint density at radius 3 is 2.43 bits per heavy atom. The molecule has 0 spiro atoms. The van der Waals surface area contributed by atoms with Crippen LogP contribution in [-0.4, -0.2) is 31.1 Å². The maximum atomic E-state index is 11.8. The van der Waals surface area contributed by atoms with Crippen LogP contribution in [0.4, 0.5) is 10.5 Å². The topological polar surface area (TPSA) is 79.5 Å². The summed E-state index contributed by atoms with van der Waals surface area (Å²) in [5.74, 6) is 0.411. The first-order valence-corrected chi connectivity index (χ1v) is 7.14. The van der Waals surface area contributed by atoms with Crippen molar-refractivity contribution in [1.82, 2.24) is 10.6 Å². The van der Waals surface area contributed by atoms with Crippen LogP contribution in [0.1, 0.15) is 27.2 Å². The van der Waals surface area contributed by atoms with Crippen LogP contribution >= 0.6 is 0 Å². The molecule has 1 aromatic rings. The largest absolute Gasteiger partial charge is 0.494 e. The van der Waals surface area contributed by atoms with Gasteiger partial charge in [-0.05, 0) is 44.5 Å². The van der Waals surface area contributed by atoms with E-state index in [2.05, 4.69) is 16.0 Å². The molecule has 0 aromatic heterocycles. The Hall–Kier alpha value is -2.24. The SMILES string of the molecule is CCCOc1ccc(NC(C)C(=O)NC(=O)NCC)cc1. The van der Waals surface area contributed by atoms with Crippen molar-refractivity contribution in [3.8, 4) is 5.75 Å². The third kappa shape index (κ3) is 6.16. The number of nitrogens with one attached hydrogen (secondary N) is 3. The first-order chi connectivity index (χ1) is 10.1. The summed E-state index contributed by atoms with van der Waals surface area (Å²) in [5.41, 5.74) is 0.789. The molecule has 6 heteroatoms. The van der Waals surface area contributed by atoms with Gasteiger partial charge in [-0.1, -0.05) is 6.92 Å². The zero-order valence-electron chi connectivity index (χ0n) is 12.7. The van der Waals surface area contributed by atoms with E-state index < -0.39 is 12.1 Å². The number of ether oxygens (including phenoxy) is 1. The van der Waals surface area contributed by atoms with Crippen molar-refractivity contribution in [2.24, 2.45) is 0 Å². The third-order valence-electron chi connectivity index (χ3n) is 2.68. The van der Waals surface area contributed by atoms with Gasteiger partial charge in [-0.3, -0.25) is 10.1 Å². The Morgan fingerprint density at radius 2 is 1.86 bits per heavy atom. The lowest BCUT2D eigenvalue weighted by molar-refractivity contribution is -0.120. The summed E-state index contributed by atoms with van der Waals surface area (Å²) < 4.78 is 5.48. The molecule has 0 bridgehead atoms. The Morgan fingerprint density at radius 1 is 1.19 bits per heavy atom. The molecule has 0 aliphatic rings. The van der Waals surface area contributed by atoms with Crippen molar-refractivity contribution < 1.29 is 14.3 Å². The second kappa shape index (κ2) is 8.84. The zero-order valence-corrected chi connectivity index (χ0v) is 12.7. The molecule has 0 radical (unpaired) electrons. The first-order valence-electron chi connectivity index (χ1n) is 7.14. The molecule has 3 amide bonds. The highest BCUT2D eigenvalue weighted by molar-refractivity contribution is 5.97. The Bertz CT molecular complexity index is 460. The summed E-state index contributed by atoms with van der Waals surface area (Å²) in [6.07, 6.45) is 0.955. The monoisotopic (exact) mass is 293 g/mol. The van der Waals surface area contributed by atoms with Gasteiger partial charge in [0.2, 0.25) is 5.91 Å². The van der Waals surface area contributed by atoms with Crippen molar-refractivity contribution in [3.63, 3.8) is 0 Å². The third-order valence-corrected chi connectivity index (χ3v) is 2.68. The summed E-state index contributed by atoms with van der Waals surface area (Å²) in [7, 11) is 0. The molecule has 0 saturated carbocycles. The van der Waals surface area contributed by atoms with Crippen LogP contribution in [0.2, 0.25) is 0 Å². The number of benzene rings is 1. The zero-order chi connectivity index (χ0) is 15.7. The second-order valence-corrected chi connectivity index (χ2v) is 4.59. The summed E-state index contributed by atoms with van der Waals surface area (Å²) in [5, 5.41) is 7.80.